The number of hydrogen-bond acceptors (Lipinski definition) is 3. The van der Waals surface area contributed by atoms with E-state index in [0.29, 0.717) is 24.2 Å². The van der Waals surface area contributed by atoms with Crippen molar-refractivity contribution < 1.29 is 17.9 Å². The van der Waals surface area contributed by atoms with Crippen molar-refractivity contribution in [1.82, 2.24) is 9.78 Å². The highest BCUT2D eigenvalue weighted by Crippen LogP contribution is 2.38. The second-order valence-electron chi connectivity index (χ2n) is 4.19. The van der Waals surface area contributed by atoms with Crippen LogP contribution in [0.4, 0.5) is 13.2 Å². The molecule has 0 saturated carbocycles. The van der Waals surface area contributed by atoms with Gasteiger partial charge in [-0.2, -0.15) is 18.3 Å². The Hall–Kier alpha value is -2.02. The van der Waals surface area contributed by atoms with E-state index in [1.807, 2.05) is 0 Å². The van der Waals surface area contributed by atoms with Gasteiger partial charge < -0.3 is 10.5 Å². The highest BCUT2D eigenvalue weighted by molar-refractivity contribution is 5.64. The second kappa shape index (κ2) is 5.54. The average Bonchev–Trinajstić information content (AvgIpc) is 2.86. The maximum absolute atomic E-state index is 12.9. The molecule has 1 heterocycles. The number of methoxy groups -OCH3 is 1. The molecule has 2 aromatic rings. The van der Waals surface area contributed by atoms with Gasteiger partial charge in [-0.05, 0) is 17.7 Å². The van der Waals surface area contributed by atoms with Crippen molar-refractivity contribution in [3.05, 3.63) is 36.2 Å². The zero-order valence-corrected chi connectivity index (χ0v) is 10.8. The van der Waals surface area contributed by atoms with Crippen LogP contribution in [-0.2, 0) is 12.7 Å². The molecule has 1 aromatic heterocycles. The van der Waals surface area contributed by atoms with Gasteiger partial charge in [0.2, 0.25) is 0 Å². The van der Waals surface area contributed by atoms with Crippen molar-refractivity contribution in [2.24, 2.45) is 5.73 Å². The van der Waals surface area contributed by atoms with Crippen molar-refractivity contribution in [3.63, 3.8) is 0 Å². The maximum atomic E-state index is 12.9. The number of nitrogens with two attached hydrogens (primary N) is 1. The Balaban J connectivity index is 2.42. The first-order valence-electron chi connectivity index (χ1n) is 5.94. The molecular weight excluding hydrogens is 271 g/mol. The zero-order valence-electron chi connectivity index (χ0n) is 10.8. The molecular formula is C13H14F3N3O. The van der Waals surface area contributed by atoms with E-state index in [-0.39, 0.29) is 5.75 Å². The number of hydrogen-bond donors (Lipinski definition) is 1. The van der Waals surface area contributed by atoms with E-state index >= 15 is 0 Å². The van der Waals surface area contributed by atoms with Crippen LogP contribution in [0.25, 0.3) is 11.1 Å². The van der Waals surface area contributed by atoms with E-state index in [4.69, 9.17) is 10.5 Å². The lowest BCUT2D eigenvalue weighted by Gasteiger charge is -2.12. The van der Waals surface area contributed by atoms with Crippen LogP contribution < -0.4 is 10.5 Å². The van der Waals surface area contributed by atoms with E-state index in [0.717, 1.165) is 6.07 Å². The molecule has 0 aliphatic heterocycles. The summed E-state index contributed by atoms with van der Waals surface area (Å²) in [5.41, 5.74) is 5.63. The lowest BCUT2D eigenvalue weighted by atomic mass is 10.0. The molecule has 0 aliphatic rings. The van der Waals surface area contributed by atoms with E-state index in [1.54, 1.807) is 16.9 Å². The van der Waals surface area contributed by atoms with Gasteiger partial charge in [0, 0.05) is 18.3 Å². The Morgan fingerprint density at radius 2 is 2.05 bits per heavy atom. The monoisotopic (exact) mass is 285 g/mol. The van der Waals surface area contributed by atoms with Gasteiger partial charge in [0.15, 0.2) is 0 Å². The molecule has 0 radical (unpaired) electrons. The van der Waals surface area contributed by atoms with E-state index < -0.39 is 11.7 Å². The van der Waals surface area contributed by atoms with Gasteiger partial charge in [-0.3, -0.25) is 4.68 Å². The summed E-state index contributed by atoms with van der Waals surface area (Å²) in [6, 6.07) is 3.93. The third kappa shape index (κ3) is 2.93. The summed E-state index contributed by atoms with van der Waals surface area (Å²) >= 11 is 0. The number of aromatic nitrogens is 2. The predicted octanol–water partition coefficient (Wildman–Crippen LogP) is 2.54. The van der Waals surface area contributed by atoms with Crippen LogP contribution in [0.3, 0.4) is 0 Å². The summed E-state index contributed by atoms with van der Waals surface area (Å²) in [4.78, 5) is 0. The van der Waals surface area contributed by atoms with Gasteiger partial charge in [0.1, 0.15) is 5.75 Å². The van der Waals surface area contributed by atoms with E-state index in [1.165, 1.54) is 19.4 Å². The number of benzene rings is 1. The van der Waals surface area contributed by atoms with Gasteiger partial charge in [0.05, 0.1) is 25.4 Å². The molecule has 0 atom stereocenters. The van der Waals surface area contributed by atoms with Gasteiger partial charge in [-0.15, -0.1) is 0 Å². The van der Waals surface area contributed by atoms with Crippen molar-refractivity contribution in [1.29, 1.82) is 0 Å². The van der Waals surface area contributed by atoms with Crippen LogP contribution in [0.2, 0.25) is 0 Å². The Morgan fingerprint density at radius 1 is 1.30 bits per heavy atom. The molecule has 0 saturated heterocycles. The molecule has 2 rings (SSSR count). The number of rotatable bonds is 4. The fourth-order valence-electron chi connectivity index (χ4n) is 1.88. The van der Waals surface area contributed by atoms with Gasteiger partial charge in [-0.25, -0.2) is 0 Å². The Kier molecular flexibility index (Phi) is 3.99. The number of nitrogens with zero attached hydrogens (tertiary/aromatic N) is 2. The highest BCUT2D eigenvalue weighted by atomic mass is 19.4. The molecule has 2 N–H and O–H groups in total. The van der Waals surface area contributed by atoms with E-state index in [2.05, 4.69) is 5.10 Å². The van der Waals surface area contributed by atoms with Gasteiger partial charge >= 0.3 is 6.18 Å². The lowest BCUT2D eigenvalue weighted by molar-refractivity contribution is -0.138. The van der Waals surface area contributed by atoms with Crippen molar-refractivity contribution in [2.45, 2.75) is 12.7 Å². The Bertz CT molecular complexity index is 593. The summed E-state index contributed by atoms with van der Waals surface area (Å²) < 4.78 is 45.2. The average molecular weight is 285 g/mol. The highest BCUT2D eigenvalue weighted by Gasteiger charge is 2.34. The third-order valence-corrected chi connectivity index (χ3v) is 2.83. The molecule has 0 amide bonds. The summed E-state index contributed by atoms with van der Waals surface area (Å²) in [6.07, 6.45) is -1.29. The summed E-state index contributed by atoms with van der Waals surface area (Å²) in [6.45, 7) is 0.930. The fourth-order valence-corrected chi connectivity index (χ4v) is 1.88. The van der Waals surface area contributed by atoms with Crippen LogP contribution in [0.5, 0.6) is 5.75 Å². The topological polar surface area (TPSA) is 53.1 Å². The fraction of sp³-hybridized carbons (Fsp3) is 0.308. The Labute approximate surface area is 114 Å². The minimum Gasteiger partial charge on any atom is -0.496 e. The second-order valence-corrected chi connectivity index (χ2v) is 4.19. The molecule has 4 nitrogen and oxygen atoms in total. The van der Waals surface area contributed by atoms with Gasteiger partial charge in [-0.1, -0.05) is 6.07 Å². The van der Waals surface area contributed by atoms with Crippen LogP contribution in [0.15, 0.2) is 30.6 Å². The minimum absolute atomic E-state index is 0.199. The summed E-state index contributed by atoms with van der Waals surface area (Å²) in [7, 11) is 1.21. The van der Waals surface area contributed by atoms with Crippen LogP contribution in [-0.4, -0.2) is 23.4 Å². The quantitative estimate of drug-likeness (QED) is 0.939. The normalized spacial score (nSPS) is 11.7. The third-order valence-electron chi connectivity index (χ3n) is 2.83. The van der Waals surface area contributed by atoms with Crippen molar-refractivity contribution in [3.8, 4) is 16.9 Å². The van der Waals surface area contributed by atoms with Crippen LogP contribution in [0, 0.1) is 0 Å². The molecule has 0 aliphatic carbocycles. The molecule has 1 aromatic carbocycles. The molecule has 20 heavy (non-hydrogen) atoms. The van der Waals surface area contributed by atoms with Gasteiger partial charge in [0.25, 0.3) is 0 Å². The van der Waals surface area contributed by atoms with Crippen molar-refractivity contribution in [2.75, 3.05) is 13.7 Å². The smallest absolute Gasteiger partial charge is 0.419 e. The maximum Gasteiger partial charge on any atom is 0.419 e. The first kappa shape index (κ1) is 14.4. The summed E-state index contributed by atoms with van der Waals surface area (Å²) in [5, 5.41) is 4.04. The molecule has 0 spiro atoms. The standard InChI is InChI=1S/C13H14F3N3O/c1-20-12-3-2-9(6-11(12)13(14,15)16)10-7-18-19(8-10)5-4-17/h2-3,6-8H,4-5,17H2,1H3. The number of halogens is 3. The predicted molar refractivity (Wildman–Crippen MR) is 68.3 cm³/mol. The summed E-state index contributed by atoms with van der Waals surface area (Å²) in [5.74, 6) is -0.199. The largest absolute Gasteiger partial charge is 0.496 e. The first-order valence-corrected chi connectivity index (χ1v) is 5.94. The minimum atomic E-state index is -4.46. The zero-order chi connectivity index (χ0) is 14.8. The molecule has 0 unspecified atom stereocenters. The van der Waals surface area contributed by atoms with Crippen LogP contribution in [0.1, 0.15) is 5.56 Å². The lowest BCUT2D eigenvalue weighted by Crippen LogP contribution is -2.09. The SMILES string of the molecule is COc1ccc(-c2cnn(CCN)c2)cc1C(F)(F)F. The molecule has 7 heteroatoms. The molecule has 108 valence electrons. The number of ether oxygens (including phenoxy) is 1. The molecule has 0 bridgehead atoms. The van der Waals surface area contributed by atoms with E-state index in [9.17, 15) is 13.2 Å². The number of alkyl halides is 3. The molecule has 0 fully saturated rings. The first-order chi connectivity index (χ1) is 9.45. The Morgan fingerprint density at radius 3 is 2.65 bits per heavy atom. The van der Waals surface area contributed by atoms with Crippen molar-refractivity contribution >= 4 is 0 Å². The van der Waals surface area contributed by atoms with Crippen LogP contribution >= 0.6 is 0 Å².